The molecule has 0 spiro atoms. The van der Waals surface area contributed by atoms with E-state index < -0.39 is 5.97 Å². The molecule has 0 radical (unpaired) electrons. The number of rotatable bonds is 9. The number of carboxylic acids is 1. The van der Waals surface area contributed by atoms with Crippen LogP contribution in [-0.4, -0.2) is 60.1 Å². The van der Waals surface area contributed by atoms with Crippen LogP contribution >= 0.6 is 11.6 Å². The first-order chi connectivity index (χ1) is 19.9. The number of carboxylic acid groups (broad SMARTS) is 1. The van der Waals surface area contributed by atoms with Crippen molar-refractivity contribution < 1.29 is 19.2 Å². The van der Waals surface area contributed by atoms with Gasteiger partial charge in [-0.15, -0.1) is 0 Å². The molecule has 11 heteroatoms. The van der Waals surface area contributed by atoms with E-state index in [1.807, 2.05) is 24.3 Å². The molecule has 5 aromatic rings. The maximum absolute atomic E-state index is 13.3. The lowest BCUT2D eigenvalue weighted by Crippen LogP contribution is -2.48. The third kappa shape index (κ3) is 5.78. The quantitative estimate of drug-likeness (QED) is 0.231. The molecule has 10 nitrogen and oxygen atoms in total. The van der Waals surface area contributed by atoms with Gasteiger partial charge in [0.15, 0.2) is 0 Å². The number of carbonyl (C=O) groups excluding carboxylic acids is 1. The number of amides is 1. The molecule has 4 heterocycles. The molecule has 1 saturated heterocycles. The van der Waals surface area contributed by atoms with E-state index >= 15 is 0 Å². The molecule has 0 aliphatic carbocycles. The highest BCUT2D eigenvalue weighted by Crippen LogP contribution is 2.30. The van der Waals surface area contributed by atoms with Gasteiger partial charge in [0.25, 0.3) is 5.91 Å². The molecule has 1 fully saturated rings. The number of aromatic nitrogens is 5. The van der Waals surface area contributed by atoms with Gasteiger partial charge in [0.2, 0.25) is 11.7 Å². The lowest BCUT2D eigenvalue weighted by molar-refractivity contribution is -0.137. The highest BCUT2D eigenvalue weighted by Gasteiger charge is 2.36. The summed E-state index contributed by atoms with van der Waals surface area (Å²) in [6.07, 6.45) is 5.19. The molecule has 1 N–H and O–H groups in total. The Morgan fingerprint density at radius 3 is 2.46 bits per heavy atom. The van der Waals surface area contributed by atoms with Crippen LogP contribution in [0.3, 0.4) is 0 Å². The smallest absolute Gasteiger partial charge is 0.303 e. The van der Waals surface area contributed by atoms with Gasteiger partial charge in [-0.25, -0.2) is 9.97 Å². The van der Waals surface area contributed by atoms with E-state index in [1.165, 1.54) is 0 Å². The van der Waals surface area contributed by atoms with Gasteiger partial charge in [-0.3, -0.25) is 14.6 Å². The van der Waals surface area contributed by atoms with E-state index in [9.17, 15) is 9.59 Å². The van der Waals surface area contributed by atoms with Crippen molar-refractivity contribution in [3.63, 3.8) is 0 Å². The molecule has 206 valence electrons. The fourth-order valence-corrected chi connectivity index (χ4v) is 4.93. The number of likely N-dealkylation sites (tertiary alicyclic amines) is 1. The number of fused-ring (bicyclic) bond motifs is 1. The van der Waals surface area contributed by atoms with Gasteiger partial charge in [0.1, 0.15) is 0 Å². The van der Waals surface area contributed by atoms with Crippen LogP contribution in [0.4, 0.5) is 0 Å². The topological polar surface area (TPSA) is 135 Å². The second-order valence-corrected chi connectivity index (χ2v) is 10.4. The summed E-state index contributed by atoms with van der Waals surface area (Å²) in [4.78, 5) is 44.2. The first-order valence-corrected chi connectivity index (χ1v) is 13.6. The summed E-state index contributed by atoms with van der Waals surface area (Å²) in [5, 5.41) is 13.7. The number of hydrogen-bond donors (Lipinski definition) is 1. The Kier molecular flexibility index (Phi) is 7.39. The van der Waals surface area contributed by atoms with Gasteiger partial charge in [0, 0.05) is 53.6 Å². The van der Waals surface area contributed by atoms with E-state index in [0.717, 1.165) is 22.5 Å². The van der Waals surface area contributed by atoms with Gasteiger partial charge in [-0.05, 0) is 61.7 Å². The molecule has 0 bridgehead atoms. The minimum Gasteiger partial charge on any atom is -0.481 e. The van der Waals surface area contributed by atoms with Crippen LogP contribution in [0.2, 0.25) is 5.02 Å². The molecule has 3 aromatic heterocycles. The van der Waals surface area contributed by atoms with Crippen molar-refractivity contribution >= 4 is 34.5 Å². The molecule has 1 aliphatic rings. The van der Waals surface area contributed by atoms with E-state index in [0.29, 0.717) is 65.7 Å². The summed E-state index contributed by atoms with van der Waals surface area (Å²) < 4.78 is 5.46. The second-order valence-electron chi connectivity index (χ2n) is 9.93. The molecular formula is C30H25ClN6O4. The predicted molar refractivity (Wildman–Crippen MR) is 151 cm³/mol. The summed E-state index contributed by atoms with van der Waals surface area (Å²) in [5.74, 6) is 0.0481. The predicted octanol–water partition coefficient (Wildman–Crippen LogP) is 5.43. The summed E-state index contributed by atoms with van der Waals surface area (Å²) in [6, 6.07) is 16.3. The van der Waals surface area contributed by atoms with Crippen molar-refractivity contribution in [2.75, 3.05) is 13.1 Å². The van der Waals surface area contributed by atoms with Crippen molar-refractivity contribution in [2.45, 2.75) is 31.6 Å². The van der Waals surface area contributed by atoms with Crippen molar-refractivity contribution in [3.05, 3.63) is 89.2 Å². The zero-order valence-corrected chi connectivity index (χ0v) is 22.7. The lowest BCUT2D eigenvalue weighted by atomic mass is 9.98. The highest BCUT2D eigenvalue weighted by molar-refractivity contribution is 6.30. The molecule has 1 amide bonds. The Morgan fingerprint density at radius 1 is 0.927 bits per heavy atom. The van der Waals surface area contributed by atoms with E-state index in [1.54, 1.807) is 47.6 Å². The van der Waals surface area contributed by atoms with Crippen LogP contribution in [0.25, 0.3) is 33.7 Å². The fourth-order valence-electron chi connectivity index (χ4n) is 4.81. The molecule has 0 unspecified atom stereocenters. The van der Waals surface area contributed by atoms with Crippen molar-refractivity contribution in [1.82, 2.24) is 30.0 Å². The monoisotopic (exact) mass is 568 g/mol. The SMILES string of the molecule is O=C(O)CCCCc1nc2cc(C(=O)N3CC(c4nc(-c5ccncc5)no4)C3)ccc2nc1-c1ccc(Cl)cc1. The maximum Gasteiger partial charge on any atom is 0.303 e. The van der Waals surface area contributed by atoms with Crippen LogP contribution in [0.1, 0.15) is 47.1 Å². The van der Waals surface area contributed by atoms with Crippen LogP contribution in [0.15, 0.2) is 71.5 Å². The summed E-state index contributed by atoms with van der Waals surface area (Å²) in [5.41, 5.74) is 4.95. The number of nitrogens with zero attached hydrogens (tertiary/aromatic N) is 6. The zero-order chi connectivity index (χ0) is 28.3. The normalized spacial score (nSPS) is 13.3. The molecule has 2 aromatic carbocycles. The van der Waals surface area contributed by atoms with Crippen LogP contribution in [0, 0.1) is 0 Å². The second kappa shape index (κ2) is 11.4. The van der Waals surface area contributed by atoms with Gasteiger partial charge in [0.05, 0.1) is 28.3 Å². The standard InChI is InChI=1S/C30H25ClN6O4/c31-22-8-5-18(6-9-22)27-24(3-1-2-4-26(38)39)33-25-15-20(7-10-23(25)34-27)30(40)37-16-21(17-37)29-35-28(36-41-29)19-11-13-32-14-12-19/h5-15,21H,1-4,16-17H2,(H,38,39). The van der Waals surface area contributed by atoms with Gasteiger partial charge in [-0.2, -0.15) is 4.98 Å². The molecule has 6 rings (SSSR count). The average molecular weight is 569 g/mol. The number of benzene rings is 2. The third-order valence-corrected chi connectivity index (χ3v) is 7.31. The minimum atomic E-state index is -0.822. The van der Waals surface area contributed by atoms with Crippen LogP contribution in [-0.2, 0) is 11.2 Å². The Labute approximate surface area is 240 Å². The summed E-state index contributed by atoms with van der Waals surface area (Å²) in [6.45, 7) is 0.954. The van der Waals surface area contributed by atoms with Gasteiger partial charge in [-0.1, -0.05) is 28.9 Å². The largest absolute Gasteiger partial charge is 0.481 e. The van der Waals surface area contributed by atoms with Crippen molar-refractivity contribution in [1.29, 1.82) is 0 Å². The summed E-state index contributed by atoms with van der Waals surface area (Å²) >= 11 is 6.08. The fraction of sp³-hybridized carbons (Fsp3) is 0.233. The number of halogens is 1. The number of pyridine rings is 1. The van der Waals surface area contributed by atoms with Gasteiger partial charge >= 0.3 is 5.97 Å². The zero-order valence-electron chi connectivity index (χ0n) is 21.9. The van der Waals surface area contributed by atoms with Gasteiger partial charge < -0.3 is 14.5 Å². The third-order valence-electron chi connectivity index (χ3n) is 7.05. The van der Waals surface area contributed by atoms with Crippen LogP contribution in [0.5, 0.6) is 0 Å². The molecule has 0 saturated carbocycles. The number of unbranched alkanes of at least 4 members (excludes halogenated alkanes) is 1. The average Bonchev–Trinajstić information content (AvgIpc) is 3.44. The van der Waals surface area contributed by atoms with E-state index in [4.69, 9.17) is 31.2 Å². The number of hydrogen-bond acceptors (Lipinski definition) is 8. The van der Waals surface area contributed by atoms with E-state index in [2.05, 4.69) is 15.1 Å². The Bertz CT molecular complexity index is 1720. The Balaban J connectivity index is 1.20. The Morgan fingerprint density at radius 2 is 1.71 bits per heavy atom. The maximum atomic E-state index is 13.3. The van der Waals surface area contributed by atoms with E-state index in [-0.39, 0.29) is 18.2 Å². The Hall–Kier alpha value is -4.70. The number of aryl methyl sites for hydroxylation is 1. The number of carbonyl (C=O) groups is 2. The molecule has 1 aliphatic heterocycles. The molecule has 41 heavy (non-hydrogen) atoms. The highest BCUT2D eigenvalue weighted by atomic mass is 35.5. The first-order valence-electron chi connectivity index (χ1n) is 13.3. The minimum absolute atomic E-state index is 0.0263. The lowest BCUT2D eigenvalue weighted by Gasteiger charge is -2.37. The number of aliphatic carboxylic acids is 1. The van der Waals surface area contributed by atoms with Crippen molar-refractivity contribution in [3.8, 4) is 22.6 Å². The first kappa shape index (κ1) is 26.5. The molecule has 0 atom stereocenters. The molecular weight excluding hydrogens is 544 g/mol. The van der Waals surface area contributed by atoms with Crippen molar-refractivity contribution in [2.24, 2.45) is 0 Å². The summed E-state index contributed by atoms with van der Waals surface area (Å²) in [7, 11) is 0. The van der Waals surface area contributed by atoms with Crippen LogP contribution < -0.4 is 0 Å².